The average Bonchev–Trinajstić information content (AvgIpc) is 2.64. The number of nitrogens with zero attached hydrogens (tertiary/aromatic N) is 2. The fourth-order valence-electron chi connectivity index (χ4n) is 2.43. The van der Waals surface area contributed by atoms with Crippen LogP contribution in [0.5, 0.6) is 11.5 Å². The van der Waals surface area contributed by atoms with Gasteiger partial charge in [0.25, 0.3) is 0 Å². The molecule has 1 aromatic heterocycles. The first kappa shape index (κ1) is 15.6. The molecule has 0 bridgehead atoms. The van der Waals surface area contributed by atoms with Gasteiger partial charge in [-0.3, -0.25) is 0 Å². The van der Waals surface area contributed by atoms with Gasteiger partial charge in [0.1, 0.15) is 6.07 Å². The molecule has 1 heterocycles. The van der Waals surface area contributed by atoms with Crippen LogP contribution in [0, 0.1) is 11.3 Å². The summed E-state index contributed by atoms with van der Waals surface area (Å²) in [7, 11) is 1.58. The Labute approximate surface area is 140 Å². The zero-order valence-electron chi connectivity index (χ0n) is 13.3. The summed E-state index contributed by atoms with van der Waals surface area (Å²) < 4.78 is 10.8. The number of hydrogen-bond acceptors (Lipinski definition) is 4. The summed E-state index contributed by atoms with van der Waals surface area (Å²) in [5.41, 5.74) is 2.63. The minimum absolute atomic E-state index is 0.0323. The van der Waals surface area contributed by atoms with Gasteiger partial charge in [0.2, 0.25) is 0 Å². The third-order valence-electron chi connectivity index (χ3n) is 3.56. The molecule has 0 N–H and O–H groups in total. The van der Waals surface area contributed by atoms with E-state index >= 15 is 0 Å². The zero-order chi connectivity index (χ0) is 16.8. The summed E-state index contributed by atoms with van der Waals surface area (Å²) in [6.45, 7) is -0.0323. The third kappa shape index (κ3) is 3.36. The van der Waals surface area contributed by atoms with Crippen molar-refractivity contribution in [1.82, 2.24) is 4.98 Å². The molecule has 0 amide bonds. The fraction of sp³-hybridized carbons (Fsp3) is 0.100. The van der Waals surface area contributed by atoms with Crippen LogP contribution in [-0.2, 0) is 0 Å². The molecule has 0 aliphatic heterocycles. The minimum atomic E-state index is -0.0323. The van der Waals surface area contributed by atoms with E-state index in [2.05, 4.69) is 4.98 Å². The first-order chi connectivity index (χ1) is 11.8. The fourth-order valence-corrected chi connectivity index (χ4v) is 2.43. The summed E-state index contributed by atoms with van der Waals surface area (Å²) >= 11 is 0. The number of methoxy groups -OCH3 is 1. The van der Waals surface area contributed by atoms with Gasteiger partial charge in [0.05, 0.1) is 18.3 Å². The molecule has 2 aromatic carbocycles. The highest BCUT2D eigenvalue weighted by Crippen LogP contribution is 2.32. The van der Waals surface area contributed by atoms with Crippen molar-refractivity contribution in [3.63, 3.8) is 0 Å². The molecule has 0 fully saturated rings. The van der Waals surface area contributed by atoms with Crippen molar-refractivity contribution in [2.24, 2.45) is 0 Å². The van der Waals surface area contributed by atoms with Crippen LogP contribution in [0.1, 0.15) is 11.3 Å². The SMILES string of the molecule is COc1cccc(/C=C\c2ccc3ccccc3n2)c1OCC#N. The molecule has 0 atom stereocenters. The van der Waals surface area contributed by atoms with Crippen molar-refractivity contribution < 1.29 is 9.47 Å². The molecule has 0 unspecified atom stereocenters. The van der Waals surface area contributed by atoms with Crippen LogP contribution in [0.2, 0.25) is 0 Å². The van der Waals surface area contributed by atoms with Gasteiger partial charge >= 0.3 is 0 Å². The smallest absolute Gasteiger partial charge is 0.174 e. The molecule has 4 nitrogen and oxygen atoms in total. The van der Waals surface area contributed by atoms with Crippen molar-refractivity contribution in [2.75, 3.05) is 13.7 Å². The van der Waals surface area contributed by atoms with Crippen LogP contribution in [0.3, 0.4) is 0 Å². The third-order valence-corrected chi connectivity index (χ3v) is 3.56. The van der Waals surface area contributed by atoms with Gasteiger partial charge in [-0.2, -0.15) is 5.26 Å². The molecule has 0 saturated heterocycles. The van der Waals surface area contributed by atoms with E-state index in [0.717, 1.165) is 22.2 Å². The summed E-state index contributed by atoms with van der Waals surface area (Å²) in [5, 5.41) is 9.85. The minimum Gasteiger partial charge on any atom is -0.493 e. The van der Waals surface area contributed by atoms with Crippen LogP contribution in [0.4, 0.5) is 0 Å². The molecule has 3 rings (SSSR count). The molecule has 0 spiro atoms. The topological polar surface area (TPSA) is 55.1 Å². The van der Waals surface area contributed by atoms with Gasteiger partial charge in [-0.05, 0) is 30.4 Å². The Morgan fingerprint density at radius 1 is 1.04 bits per heavy atom. The van der Waals surface area contributed by atoms with E-state index in [-0.39, 0.29) is 6.61 Å². The Morgan fingerprint density at radius 3 is 2.75 bits per heavy atom. The second-order valence-corrected chi connectivity index (χ2v) is 5.09. The molecule has 24 heavy (non-hydrogen) atoms. The van der Waals surface area contributed by atoms with E-state index in [4.69, 9.17) is 14.7 Å². The lowest BCUT2D eigenvalue weighted by Gasteiger charge is -2.11. The van der Waals surface area contributed by atoms with Crippen LogP contribution in [0.15, 0.2) is 54.6 Å². The van der Waals surface area contributed by atoms with Crippen molar-refractivity contribution in [2.45, 2.75) is 0 Å². The Balaban J connectivity index is 1.94. The van der Waals surface area contributed by atoms with Crippen molar-refractivity contribution in [1.29, 1.82) is 5.26 Å². The summed E-state index contributed by atoms with van der Waals surface area (Å²) in [4.78, 5) is 4.61. The molecule has 4 heteroatoms. The molecule has 0 aliphatic carbocycles. The number of para-hydroxylation sites is 2. The summed E-state index contributed by atoms with van der Waals surface area (Å²) in [6, 6.07) is 19.6. The first-order valence-electron chi connectivity index (χ1n) is 7.52. The van der Waals surface area contributed by atoms with E-state index in [0.29, 0.717) is 11.5 Å². The number of benzene rings is 2. The van der Waals surface area contributed by atoms with Gasteiger partial charge < -0.3 is 9.47 Å². The van der Waals surface area contributed by atoms with Gasteiger partial charge in [-0.1, -0.05) is 36.4 Å². The Kier molecular flexibility index (Phi) is 4.73. The van der Waals surface area contributed by atoms with Crippen molar-refractivity contribution in [3.8, 4) is 17.6 Å². The molecule has 0 saturated carbocycles. The summed E-state index contributed by atoms with van der Waals surface area (Å²) in [6.07, 6.45) is 3.83. The number of hydrogen-bond donors (Lipinski definition) is 0. The van der Waals surface area contributed by atoms with Crippen molar-refractivity contribution in [3.05, 3.63) is 65.9 Å². The standard InChI is InChI=1S/C20H16N2O2/c1-23-19-8-4-6-16(20(19)24-14-13-21)10-12-17-11-9-15-5-2-3-7-18(15)22-17/h2-12H,14H2,1H3/b12-10-. The quantitative estimate of drug-likeness (QED) is 0.703. The molecule has 3 aromatic rings. The van der Waals surface area contributed by atoms with Gasteiger partial charge in [0, 0.05) is 10.9 Å². The highest BCUT2D eigenvalue weighted by Gasteiger charge is 2.08. The second kappa shape index (κ2) is 7.30. The lowest BCUT2D eigenvalue weighted by molar-refractivity contribution is 0.329. The number of rotatable bonds is 5. The number of pyridine rings is 1. The maximum atomic E-state index is 8.75. The molecular formula is C20H16N2O2. The maximum Gasteiger partial charge on any atom is 0.174 e. The van der Waals surface area contributed by atoms with Crippen LogP contribution < -0.4 is 9.47 Å². The largest absolute Gasteiger partial charge is 0.493 e. The maximum absolute atomic E-state index is 8.75. The van der Waals surface area contributed by atoms with Gasteiger partial charge in [0.15, 0.2) is 18.1 Å². The number of fused-ring (bicyclic) bond motifs is 1. The summed E-state index contributed by atoms with van der Waals surface area (Å²) in [5.74, 6) is 1.15. The number of nitriles is 1. The zero-order valence-corrected chi connectivity index (χ0v) is 13.3. The highest BCUT2D eigenvalue weighted by molar-refractivity contribution is 5.81. The molecule has 0 radical (unpaired) electrons. The Hall–Kier alpha value is -3.32. The Morgan fingerprint density at radius 2 is 1.92 bits per heavy atom. The molecule has 0 aliphatic rings. The average molecular weight is 316 g/mol. The molecular weight excluding hydrogens is 300 g/mol. The number of ether oxygens (including phenoxy) is 2. The predicted molar refractivity (Wildman–Crippen MR) is 94.8 cm³/mol. The second-order valence-electron chi connectivity index (χ2n) is 5.09. The lowest BCUT2D eigenvalue weighted by Crippen LogP contribution is -1.98. The Bertz CT molecular complexity index is 926. The number of aromatic nitrogens is 1. The van der Waals surface area contributed by atoms with Gasteiger partial charge in [-0.25, -0.2) is 4.98 Å². The van der Waals surface area contributed by atoms with Crippen LogP contribution >= 0.6 is 0 Å². The normalized spacial score (nSPS) is 10.7. The van der Waals surface area contributed by atoms with E-state index in [1.54, 1.807) is 13.2 Å². The lowest BCUT2D eigenvalue weighted by atomic mass is 10.1. The van der Waals surface area contributed by atoms with Crippen LogP contribution in [0.25, 0.3) is 23.1 Å². The molecule has 118 valence electrons. The van der Waals surface area contributed by atoms with Crippen LogP contribution in [-0.4, -0.2) is 18.7 Å². The highest BCUT2D eigenvalue weighted by atomic mass is 16.5. The van der Waals surface area contributed by atoms with E-state index in [1.165, 1.54) is 0 Å². The first-order valence-corrected chi connectivity index (χ1v) is 7.52. The van der Waals surface area contributed by atoms with E-state index < -0.39 is 0 Å². The van der Waals surface area contributed by atoms with E-state index in [9.17, 15) is 0 Å². The van der Waals surface area contributed by atoms with Gasteiger partial charge in [-0.15, -0.1) is 0 Å². The van der Waals surface area contributed by atoms with Crippen molar-refractivity contribution >= 4 is 23.1 Å². The van der Waals surface area contributed by atoms with E-state index in [1.807, 2.05) is 66.8 Å². The monoisotopic (exact) mass is 316 g/mol. The predicted octanol–water partition coefficient (Wildman–Crippen LogP) is 4.32.